The third-order valence-electron chi connectivity index (χ3n) is 5.68. The number of aryl methyl sites for hydroxylation is 1. The van der Waals surface area contributed by atoms with Crippen molar-refractivity contribution < 1.29 is 13.2 Å². The smallest absolute Gasteiger partial charge is 0.230 e. The first-order valence-electron chi connectivity index (χ1n) is 8.75. The highest BCUT2D eigenvalue weighted by Crippen LogP contribution is 2.44. The van der Waals surface area contributed by atoms with Gasteiger partial charge in [0, 0.05) is 26.2 Å². The molecule has 2 heterocycles. The van der Waals surface area contributed by atoms with Crippen molar-refractivity contribution in [2.45, 2.75) is 44.4 Å². The maximum atomic E-state index is 13.0. The van der Waals surface area contributed by atoms with Crippen LogP contribution in [0.3, 0.4) is 0 Å². The molecule has 4 rings (SSSR count). The molecule has 0 aromatic heterocycles. The maximum absolute atomic E-state index is 13.0. The number of carbonyl (C=O) groups is 1. The molecule has 0 radical (unpaired) electrons. The number of sulfonamides is 1. The zero-order valence-corrected chi connectivity index (χ0v) is 14.9. The van der Waals surface area contributed by atoms with E-state index in [4.69, 9.17) is 0 Å². The van der Waals surface area contributed by atoms with Crippen LogP contribution in [-0.4, -0.2) is 48.4 Å². The molecule has 1 saturated carbocycles. The summed E-state index contributed by atoms with van der Waals surface area (Å²) in [6.45, 7) is 4.29. The first kappa shape index (κ1) is 16.1. The predicted octanol–water partition coefficient (Wildman–Crippen LogP) is 1.91. The molecule has 2 aliphatic heterocycles. The molecular formula is C18H24N2O3S. The zero-order chi connectivity index (χ0) is 16.9. The van der Waals surface area contributed by atoms with Crippen LogP contribution in [0.2, 0.25) is 0 Å². The van der Waals surface area contributed by atoms with Gasteiger partial charge in [-0.2, -0.15) is 0 Å². The second-order valence-electron chi connectivity index (χ2n) is 7.57. The van der Waals surface area contributed by atoms with Gasteiger partial charge in [-0.15, -0.1) is 0 Å². The van der Waals surface area contributed by atoms with Crippen LogP contribution in [0.5, 0.6) is 0 Å². The Labute approximate surface area is 143 Å². The van der Waals surface area contributed by atoms with E-state index in [0.717, 1.165) is 31.4 Å². The summed E-state index contributed by atoms with van der Waals surface area (Å²) in [7, 11) is -3.17. The molecule has 6 heteroatoms. The molecule has 24 heavy (non-hydrogen) atoms. The zero-order valence-electron chi connectivity index (χ0n) is 14.1. The Balaban J connectivity index is 1.47. The fourth-order valence-electron chi connectivity index (χ4n) is 4.08. The van der Waals surface area contributed by atoms with Gasteiger partial charge in [0.15, 0.2) is 0 Å². The van der Waals surface area contributed by atoms with Crippen molar-refractivity contribution in [1.82, 2.24) is 9.21 Å². The van der Waals surface area contributed by atoms with Crippen molar-refractivity contribution in [3.05, 3.63) is 35.4 Å². The Bertz CT molecular complexity index is 772. The summed E-state index contributed by atoms with van der Waals surface area (Å²) >= 11 is 0. The van der Waals surface area contributed by atoms with Crippen molar-refractivity contribution in [3.63, 3.8) is 0 Å². The van der Waals surface area contributed by atoms with E-state index in [1.54, 1.807) is 4.31 Å². The molecule has 1 atom stereocenters. The molecule has 1 amide bonds. The van der Waals surface area contributed by atoms with Crippen LogP contribution in [0.4, 0.5) is 0 Å². The summed E-state index contributed by atoms with van der Waals surface area (Å²) in [6, 6.07) is 8.22. The maximum Gasteiger partial charge on any atom is 0.230 e. The molecule has 2 saturated heterocycles. The average Bonchev–Trinajstić information content (AvgIpc) is 3.26. The van der Waals surface area contributed by atoms with Crippen LogP contribution in [0.15, 0.2) is 24.3 Å². The number of nitrogens with zero attached hydrogens (tertiary/aromatic N) is 2. The summed E-state index contributed by atoms with van der Waals surface area (Å²) in [4.78, 5) is 14.9. The summed E-state index contributed by atoms with van der Waals surface area (Å²) in [5.41, 5.74) is 1.85. The molecule has 1 unspecified atom stereocenters. The van der Waals surface area contributed by atoms with Crippen LogP contribution in [0.25, 0.3) is 0 Å². The summed E-state index contributed by atoms with van der Waals surface area (Å²) < 4.78 is 26.5. The number of amides is 1. The van der Waals surface area contributed by atoms with E-state index in [0.29, 0.717) is 26.1 Å². The monoisotopic (exact) mass is 348 g/mol. The lowest BCUT2D eigenvalue weighted by Crippen LogP contribution is -2.39. The minimum absolute atomic E-state index is 0.137. The van der Waals surface area contributed by atoms with Gasteiger partial charge in [0.25, 0.3) is 0 Å². The van der Waals surface area contributed by atoms with Crippen molar-refractivity contribution in [3.8, 4) is 0 Å². The standard InChI is InChI=1S/C18H24N2O3S/c1-14-3-2-4-15(11-14)12-19-9-7-18(17(19)21)8-10-20(13-18)24(22,23)16-5-6-16/h2-4,11,16H,5-10,12-13H2,1H3. The molecule has 1 spiro atoms. The number of rotatable bonds is 4. The van der Waals surface area contributed by atoms with E-state index in [1.807, 2.05) is 30.0 Å². The van der Waals surface area contributed by atoms with E-state index in [-0.39, 0.29) is 11.2 Å². The number of hydrogen-bond acceptors (Lipinski definition) is 3. The van der Waals surface area contributed by atoms with Crippen LogP contribution in [0, 0.1) is 12.3 Å². The first-order valence-corrected chi connectivity index (χ1v) is 10.2. The molecule has 3 fully saturated rings. The number of likely N-dealkylation sites (tertiary alicyclic amines) is 1. The molecule has 1 aromatic rings. The minimum Gasteiger partial charge on any atom is -0.338 e. The molecule has 3 aliphatic rings. The Morgan fingerprint density at radius 3 is 2.67 bits per heavy atom. The van der Waals surface area contributed by atoms with E-state index >= 15 is 0 Å². The van der Waals surface area contributed by atoms with E-state index in [2.05, 4.69) is 6.07 Å². The normalized spacial score (nSPS) is 28.2. The fourth-order valence-corrected chi connectivity index (χ4v) is 6.01. The highest BCUT2D eigenvalue weighted by molar-refractivity contribution is 7.90. The first-order chi connectivity index (χ1) is 11.4. The predicted molar refractivity (Wildman–Crippen MR) is 91.8 cm³/mol. The molecular weight excluding hydrogens is 324 g/mol. The Hall–Kier alpha value is -1.40. The van der Waals surface area contributed by atoms with Gasteiger partial charge in [-0.05, 0) is 38.2 Å². The lowest BCUT2D eigenvalue weighted by molar-refractivity contribution is -0.135. The lowest BCUT2D eigenvalue weighted by Gasteiger charge is -2.23. The topological polar surface area (TPSA) is 57.7 Å². The molecule has 0 N–H and O–H groups in total. The average molecular weight is 348 g/mol. The van der Waals surface area contributed by atoms with Crippen LogP contribution < -0.4 is 0 Å². The largest absolute Gasteiger partial charge is 0.338 e. The van der Waals surface area contributed by atoms with Gasteiger partial charge in [0.1, 0.15) is 0 Å². The number of carbonyl (C=O) groups excluding carboxylic acids is 1. The quantitative estimate of drug-likeness (QED) is 0.835. The van der Waals surface area contributed by atoms with Gasteiger partial charge < -0.3 is 4.90 Å². The Morgan fingerprint density at radius 2 is 1.96 bits per heavy atom. The number of benzene rings is 1. The van der Waals surface area contributed by atoms with Crippen molar-refractivity contribution >= 4 is 15.9 Å². The second kappa shape index (κ2) is 5.56. The SMILES string of the molecule is Cc1cccc(CN2CCC3(CCN(S(=O)(=O)C4CC4)C3)C2=O)c1. The lowest BCUT2D eigenvalue weighted by atomic mass is 9.86. The van der Waals surface area contributed by atoms with Gasteiger partial charge in [0.05, 0.1) is 10.7 Å². The van der Waals surface area contributed by atoms with Crippen molar-refractivity contribution in [2.75, 3.05) is 19.6 Å². The van der Waals surface area contributed by atoms with E-state index < -0.39 is 15.4 Å². The van der Waals surface area contributed by atoms with Crippen LogP contribution in [0.1, 0.15) is 36.8 Å². The second-order valence-corrected chi connectivity index (χ2v) is 9.79. The third-order valence-corrected chi connectivity index (χ3v) is 8.03. The summed E-state index contributed by atoms with van der Waals surface area (Å²) in [5, 5.41) is -0.187. The van der Waals surface area contributed by atoms with Gasteiger partial charge in [-0.25, -0.2) is 12.7 Å². The highest BCUT2D eigenvalue weighted by Gasteiger charge is 2.54. The van der Waals surface area contributed by atoms with Crippen molar-refractivity contribution in [1.29, 1.82) is 0 Å². The van der Waals surface area contributed by atoms with Gasteiger partial charge in [-0.1, -0.05) is 29.8 Å². The molecule has 0 bridgehead atoms. The molecule has 5 nitrogen and oxygen atoms in total. The third kappa shape index (κ3) is 2.65. The van der Waals surface area contributed by atoms with Gasteiger partial charge in [0.2, 0.25) is 15.9 Å². The minimum atomic E-state index is -3.17. The molecule has 1 aromatic carbocycles. The Kier molecular flexibility index (Phi) is 3.73. The Morgan fingerprint density at radius 1 is 1.21 bits per heavy atom. The number of hydrogen-bond donors (Lipinski definition) is 0. The fraction of sp³-hybridized carbons (Fsp3) is 0.611. The van der Waals surface area contributed by atoms with E-state index in [9.17, 15) is 13.2 Å². The molecule has 1 aliphatic carbocycles. The van der Waals surface area contributed by atoms with Gasteiger partial charge >= 0.3 is 0 Å². The summed E-state index contributed by atoms with van der Waals surface area (Å²) in [5.74, 6) is 0.137. The summed E-state index contributed by atoms with van der Waals surface area (Å²) in [6.07, 6.45) is 3.00. The van der Waals surface area contributed by atoms with Crippen LogP contribution >= 0.6 is 0 Å². The van der Waals surface area contributed by atoms with Crippen molar-refractivity contribution in [2.24, 2.45) is 5.41 Å². The van der Waals surface area contributed by atoms with Crippen LogP contribution in [-0.2, 0) is 21.4 Å². The van der Waals surface area contributed by atoms with Gasteiger partial charge in [-0.3, -0.25) is 4.79 Å². The molecule has 130 valence electrons. The van der Waals surface area contributed by atoms with E-state index in [1.165, 1.54) is 5.56 Å². The highest BCUT2D eigenvalue weighted by atomic mass is 32.2.